The van der Waals surface area contributed by atoms with E-state index in [0.29, 0.717) is 10.6 Å². The Balaban J connectivity index is 1.58. The molecule has 1 aliphatic heterocycles. The van der Waals surface area contributed by atoms with Crippen molar-refractivity contribution in [2.24, 2.45) is 0 Å². The van der Waals surface area contributed by atoms with Crippen molar-refractivity contribution in [3.8, 4) is 0 Å². The molecule has 1 heterocycles. The van der Waals surface area contributed by atoms with Crippen molar-refractivity contribution in [1.82, 2.24) is 5.06 Å². The van der Waals surface area contributed by atoms with Crippen LogP contribution in [0, 0.1) is 0 Å². The maximum atomic E-state index is 12.5. The second-order valence-corrected chi connectivity index (χ2v) is 5.46. The third kappa shape index (κ3) is 3.40. The highest BCUT2D eigenvalue weighted by atomic mass is 19.3. The Morgan fingerprint density at radius 3 is 2.04 bits per heavy atom. The van der Waals surface area contributed by atoms with Crippen LogP contribution in [0.3, 0.4) is 0 Å². The smallest absolute Gasteiger partial charge is 0.330 e. The SMILES string of the molecule is O=C(CCc1ccc(C(F)F)cc1)ON1C(=O)c2ccccc2C1=O. The second kappa shape index (κ2) is 6.80. The van der Waals surface area contributed by atoms with E-state index < -0.39 is 24.2 Å². The van der Waals surface area contributed by atoms with Gasteiger partial charge < -0.3 is 4.84 Å². The van der Waals surface area contributed by atoms with Crippen LogP contribution in [0.4, 0.5) is 8.78 Å². The van der Waals surface area contributed by atoms with Gasteiger partial charge in [0.2, 0.25) is 0 Å². The number of fused-ring (bicyclic) bond motifs is 1. The number of carbonyl (C=O) groups excluding carboxylic acids is 3. The van der Waals surface area contributed by atoms with Gasteiger partial charge in [0.15, 0.2) is 0 Å². The van der Waals surface area contributed by atoms with E-state index in [1.54, 1.807) is 12.1 Å². The number of halogens is 2. The van der Waals surface area contributed by atoms with Crippen LogP contribution in [0.5, 0.6) is 0 Å². The summed E-state index contributed by atoms with van der Waals surface area (Å²) in [6.45, 7) is 0. The van der Waals surface area contributed by atoms with Crippen LogP contribution in [-0.2, 0) is 16.1 Å². The molecule has 25 heavy (non-hydrogen) atoms. The number of alkyl halides is 2. The zero-order valence-electron chi connectivity index (χ0n) is 12.9. The average Bonchev–Trinajstić information content (AvgIpc) is 2.86. The highest BCUT2D eigenvalue weighted by Gasteiger charge is 2.38. The Bertz CT molecular complexity index is 798. The molecule has 3 rings (SSSR count). The number of hydroxylamine groups is 2. The Morgan fingerprint density at radius 2 is 1.52 bits per heavy atom. The van der Waals surface area contributed by atoms with E-state index in [1.165, 1.54) is 36.4 Å². The molecule has 0 aliphatic carbocycles. The van der Waals surface area contributed by atoms with Crippen LogP contribution in [0.1, 0.15) is 44.7 Å². The summed E-state index contributed by atoms with van der Waals surface area (Å²) < 4.78 is 25.0. The minimum Gasteiger partial charge on any atom is -0.330 e. The molecular formula is C18H13F2NO4. The summed E-state index contributed by atoms with van der Waals surface area (Å²) in [5.74, 6) is -2.13. The van der Waals surface area contributed by atoms with Crippen molar-refractivity contribution >= 4 is 17.8 Å². The van der Waals surface area contributed by atoms with E-state index >= 15 is 0 Å². The first-order chi connectivity index (χ1) is 12.0. The van der Waals surface area contributed by atoms with Gasteiger partial charge in [-0.05, 0) is 24.1 Å². The first-order valence-corrected chi connectivity index (χ1v) is 7.53. The number of rotatable bonds is 5. The van der Waals surface area contributed by atoms with Crippen molar-refractivity contribution in [2.75, 3.05) is 0 Å². The van der Waals surface area contributed by atoms with E-state index in [-0.39, 0.29) is 29.5 Å². The number of hydrogen-bond acceptors (Lipinski definition) is 4. The lowest BCUT2D eigenvalue weighted by Gasteiger charge is -2.12. The molecule has 1 aliphatic rings. The van der Waals surface area contributed by atoms with Gasteiger partial charge in [0.25, 0.3) is 18.2 Å². The van der Waals surface area contributed by atoms with E-state index in [0.717, 1.165) is 0 Å². The zero-order valence-corrected chi connectivity index (χ0v) is 12.9. The van der Waals surface area contributed by atoms with Gasteiger partial charge >= 0.3 is 5.97 Å². The largest absolute Gasteiger partial charge is 0.333 e. The van der Waals surface area contributed by atoms with Gasteiger partial charge in [-0.25, -0.2) is 13.6 Å². The summed E-state index contributed by atoms with van der Waals surface area (Å²) in [6, 6.07) is 11.7. The molecule has 0 atom stereocenters. The first-order valence-electron chi connectivity index (χ1n) is 7.53. The zero-order chi connectivity index (χ0) is 18.0. The highest BCUT2D eigenvalue weighted by molar-refractivity contribution is 6.20. The van der Waals surface area contributed by atoms with Gasteiger partial charge in [-0.2, -0.15) is 0 Å². The van der Waals surface area contributed by atoms with Crippen molar-refractivity contribution < 1.29 is 28.0 Å². The van der Waals surface area contributed by atoms with Gasteiger partial charge in [0, 0.05) is 5.56 Å². The van der Waals surface area contributed by atoms with Gasteiger partial charge in [-0.3, -0.25) is 9.59 Å². The quantitative estimate of drug-likeness (QED) is 0.780. The molecule has 0 unspecified atom stereocenters. The Labute approximate surface area is 141 Å². The van der Waals surface area contributed by atoms with Crippen LogP contribution >= 0.6 is 0 Å². The fourth-order valence-corrected chi connectivity index (χ4v) is 2.47. The molecule has 0 spiro atoms. The topological polar surface area (TPSA) is 63.7 Å². The second-order valence-electron chi connectivity index (χ2n) is 5.46. The molecular weight excluding hydrogens is 332 g/mol. The Hall–Kier alpha value is -3.09. The minimum atomic E-state index is -2.55. The molecule has 0 N–H and O–H groups in total. The van der Waals surface area contributed by atoms with Crippen LogP contribution in [0.25, 0.3) is 0 Å². The number of aryl methyl sites for hydroxylation is 1. The fourth-order valence-electron chi connectivity index (χ4n) is 2.47. The summed E-state index contributed by atoms with van der Waals surface area (Å²) >= 11 is 0. The molecule has 7 heteroatoms. The predicted octanol–water partition coefficient (Wildman–Crippen LogP) is 3.31. The molecule has 0 radical (unpaired) electrons. The van der Waals surface area contributed by atoms with Crippen LogP contribution in [0.15, 0.2) is 48.5 Å². The maximum Gasteiger partial charge on any atom is 0.333 e. The number of hydrogen-bond donors (Lipinski definition) is 0. The number of imide groups is 1. The van der Waals surface area contributed by atoms with E-state index in [4.69, 9.17) is 4.84 Å². The predicted molar refractivity (Wildman–Crippen MR) is 82.8 cm³/mol. The van der Waals surface area contributed by atoms with Crippen molar-refractivity contribution in [3.05, 3.63) is 70.8 Å². The molecule has 0 aromatic heterocycles. The number of carbonyl (C=O) groups is 3. The molecule has 0 saturated heterocycles. The third-order valence-corrected chi connectivity index (χ3v) is 3.80. The molecule has 0 saturated carbocycles. The third-order valence-electron chi connectivity index (χ3n) is 3.80. The van der Waals surface area contributed by atoms with Gasteiger partial charge in [0.05, 0.1) is 17.5 Å². The average molecular weight is 345 g/mol. The molecule has 128 valence electrons. The Morgan fingerprint density at radius 1 is 0.960 bits per heavy atom. The van der Waals surface area contributed by atoms with Crippen molar-refractivity contribution in [3.63, 3.8) is 0 Å². The Kier molecular flexibility index (Phi) is 4.56. The van der Waals surface area contributed by atoms with Gasteiger partial charge in [-0.15, -0.1) is 0 Å². The van der Waals surface area contributed by atoms with Crippen LogP contribution in [-0.4, -0.2) is 22.8 Å². The van der Waals surface area contributed by atoms with Gasteiger partial charge in [0.1, 0.15) is 0 Å². The van der Waals surface area contributed by atoms with Crippen molar-refractivity contribution in [1.29, 1.82) is 0 Å². The highest BCUT2D eigenvalue weighted by Crippen LogP contribution is 2.23. The summed E-state index contributed by atoms with van der Waals surface area (Å²) in [4.78, 5) is 40.9. The first kappa shape index (κ1) is 16.8. The molecule has 5 nitrogen and oxygen atoms in total. The maximum absolute atomic E-state index is 12.5. The standard InChI is InChI=1S/C18H13F2NO4/c19-16(20)12-8-5-11(6-9-12)7-10-15(22)25-21-17(23)13-3-1-2-4-14(13)18(21)24/h1-6,8-9,16H,7,10H2. The van der Waals surface area contributed by atoms with Crippen LogP contribution in [0.2, 0.25) is 0 Å². The fraction of sp³-hybridized carbons (Fsp3) is 0.167. The van der Waals surface area contributed by atoms with E-state index in [9.17, 15) is 23.2 Å². The van der Waals surface area contributed by atoms with Crippen molar-refractivity contribution in [2.45, 2.75) is 19.3 Å². The number of benzene rings is 2. The summed E-state index contributed by atoms with van der Waals surface area (Å²) in [6.07, 6.45) is -2.40. The minimum absolute atomic E-state index is 0.0958. The van der Waals surface area contributed by atoms with Crippen LogP contribution < -0.4 is 0 Å². The summed E-state index contributed by atoms with van der Waals surface area (Å²) in [7, 11) is 0. The lowest BCUT2D eigenvalue weighted by Crippen LogP contribution is -2.32. The molecule has 2 amide bonds. The number of nitrogens with zero attached hydrogens (tertiary/aromatic N) is 1. The number of amides is 2. The monoisotopic (exact) mass is 345 g/mol. The molecule has 2 aromatic rings. The molecule has 0 bridgehead atoms. The van der Waals surface area contributed by atoms with Gasteiger partial charge in [-0.1, -0.05) is 41.5 Å². The summed E-state index contributed by atoms with van der Waals surface area (Å²) in [5.41, 5.74) is 0.937. The lowest BCUT2D eigenvalue weighted by atomic mass is 10.1. The summed E-state index contributed by atoms with van der Waals surface area (Å²) in [5, 5.41) is 0.451. The van der Waals surface area contributed by atoms with E-state index in [1.807, 2.05) is 0 Å². The molecule has 2 aromatic carbocycles. The normalized spacial score (nSPS) is 13.3. The molecule has 0 fully saturated rings. The lowest BCUT2D eigenvalue weighted by molar-refractivity contribution is -0.168. The van der Waals surface area contributed by atoms with E-state index in [2.05, 4.69) is 0 Å².